The molecule has 0 atom stereocenters. The maximum atomic E-state index is 13.6. The van der Waals surface area contributed by atoms with Gasteiger partial charge >= 0.3 is 6.18 Å². The van der Waals surface area contributed by atoms with Gasteiger partial charge in [0.2, 0.25) is 0 Å². The van der Waals surface area contributed by atoms with E-state index in [-0.39, 0.29) is 49.9 Å². The van der Waals surface area contributed by atoms with E-state index in [0.29, 0.717) is 11.3 Å². The van der Waals surface area contributed by atoms with Crippen LogP contribution >= 0.6 is 0 Å². The number of ketones is 1. The molecule has 4 aromatic carbocycles. The van der Waals surface area contributed by atoms with Crippen LogP contribution in [0.1, 0.15) is 84.0 Å². The first-order valence-corrected chi connectivity index (χ1v) is 15.9. The van der Waals surface area contributed by atoms with Crippen molar-refractivity contribution in [1.82, 2.24) is 10.2 Å². The number of carbonyl (C=O) groups excluding carboxylic acids is 1. The van der Waals surface area contributed by atoms with Crippen LogP contribution in [0, 0.1) is 37.2 Å². The van der Waals surface area contributed by atoms with Crippen molar-refractivity contribution < 1.29 is 43.2 Å². The van der Waals surface area contributed by atoms with Gasteiger partial charge in [-0.2, -0.15) is 18.3 Å². The Morgan fingerprint density at radius 1 is 0.891 bits per heavy atom. The zero-order valence-corrected chi connectivity index (χ0v) is 30.3. The molecule has 5 aromatic rings. The van der Waals surface area contributed by atoms with Crippen LogP contribution in [0.25, 0.3) is 43.2 Å². The molecule has 8 heteroatoms. The summed E-state index contributed by atoms with van der Waals surface area (Å²) in [5.74, 6) is 0.547. The molecule has 0 amide bonds. The Balaban J connectivity index is 0.000000309. The third-order valence-electron chi connectivity index (χ3n) is 9.19. The number of carbonyl (C=O) groups is 1. The molecule has 46 heavy (non-hydrogen) atoms. The largest absolute Gasteiger partial charge is 0.512 e. The van der Waals surface area contributed by atoms with E-state index in [2.05, 4.69) is 22.3 Å². The van der Waals surface area contributed by atoms with Gasteiger partial charge in [-0.25, -0.2) is 5.10 Å². The summed E-state index contributed by atoms with van der Waals surface area (Å²) in [6.45, 7) is 14.4. The van der Waals surface area contributed by atoms with E-state index in [1.165, 1.54) is 19.9 Å². The topological polar surface area (TPSA) is 63.1 Å². The summed E-state index contributed by atoms with van der Waals surface area (Å²) in [5, 5.41) is 25.3. The minimum absolute atomic E-state index is 0. The quantitative estimate of drug-likeness (QED) is 0.0530. The van der Waals surface area contributed by atoms with E-state index in [9.17, 15) is 23.1 Å². The summed E-state index contributed by atoms with van der Waals surface area (Å²) >= 11 is 0. The fourth-order valence-corrected chi connectivity index (χ4v) is 6.25. The fourth-order valence-electron chi connectivity index (χ4n) is 6.25. The number of aliphatic hydroxyl groups is 1. The predicted octanol–water partition coefficient (Wildman–Crippen LogP) is 10.9. The summed E-state index contributed by atoms with van der Waals surface area (Å²) in [6, 6.07) is 15.3. The molecule has 249 valence electrons. The Hall–Kier alpha value is -3.09. The number of allylic oxidation sites excluding steroid dienone is 2. The van der Waals surface area contributed by atoms with Gasteiger partial charge in [0.15, 0.2) is 5.78 Å². The van der Waals surface area contributed by atoms with Crippen LogP contribution in [-0.4, -0.2) is 27.3 Å². The second-order valence-electron chi connectivity index (χ2n) is 12.9. The number of rotatable bonds is 9. The number of benzene rings is 4. The summed E-state index contributed by atoms with van der Waals surface area (Å²) < 4.78 is 40.7. The Labute approximate surface area is 283 Å². The van der Waals surface area contributed by atoms with Gasteiger partial charge in [-0.05, 0) is 66.8 Å². The fraction of sp³-hybridized carbons (Fsp3) is 0.447. The minimum atomic E-state index is -4.28. The first-order chi connectivity index (χ1) is 21.2. The van der Waals surface area contributed by atoms with Crippen molar-refractivity contribution in [3.63, 3.8) is 0 Å². The molecule has 0 aliphatic heterocycles. The molecule has 1 N–H and O–H groups in total. The molecule has 0 aliphatic carbocycles. The van der Waals surface area contributed by atoms with Gasteiger partial charge in [0.25, 0.3) is 0 Å². The molecule has 0 unspecified atom stereocenters. The SMILES string of the molecule is CCC(CC)C(=O)/C=C(\O)C(CC)CC.Cc1[c-]c2c3nnc(C)c4cc(CC(C)(C)C(F)(F)F)cc(c5cccc(c1)c25)c43.[Ir]. The average molecular weight is 810 g/mol. The van der Waals surface area contributed by atoms with Crippen LogP contribution in [0.2, 0.25) is 0 Å². The number of aryl methyl sites for hydroxylation is 2. The van der Waals surface area contributed by atoms with Gasteiger partial charge in [0.05, 0.1) is 16.9 Å². The van der Waals surface area contributed by atoms with E-state index < -0.39 is 11.6 Å². The van der Waals surface area contributed by atoms with E-state index in [1.807, 2.05) is 71.9 Å². The number of nitrogens with zero attached hydrogens (tertiary/aromatic N) is 2. The van der Waals surface area contributed by atoms with Crippen molar-refractivity contribution in [2.45, 2.75) is 93.7 Å². The third-order valence-corrected chi connectivity index (χ3v) is 9.19. The van der Waals surface area contributed by atoms with Crippen molar-refractivity contribution in [1.29, 1.82) is 0 Å². The zero-order chi connectivity index (χ0) is 33.3. The Kier molecular flexibility index (Phi) is 12.0. The van der Waals surface area contributed by atoms with E-state index >= 15 is 0 Å². The van der Waals surface area contributed by atoms with Crippen LogP contribution in [0.3, 0.4) is 0 Å². The molecule has 0 bridgehead atoms. The van der Waals surface area contributed by atoms with Crippen molar-refractivity contribution in [3.8, 4) is 0 Å². The normalized spacial score (nSPS) is 12.8. The smallest absolute Gasteiger partial charge is 0.394 e. The van der Waals surface area contributed by atoms with Gasteiger partial charge in [0.1, 0.15) is 0 Å². The molecule has 1 radical (unpaired) electrons. The number of aliphatic hydroxyl groups excluding tert-OH is 1. The van der Waals surface area contributed by atoms with Gasteiger partial charge < -0.3 is 5.11 Å². The molecular weight excluding hydrogens is 766 g/mol. The number of aromatic nitrogens is 2. The van der Waals surface area contributed by atoms with Crippen LogP contribution in [0.15, 0.2) is 48.2 Å². The Bertz CT molecular complexity index is 1850. The summed E-state index contributed by atoms with van der Waals surface area (Å²) in [4.78, 5) is 11.7. The standard InChI is InChI=1S/C25H20F3N2.C13H24O2.Ir/c1-13-8-16-6-5-7-17-19-11-15(12-24(3,4)25(26,27)28)10-18-14(2)29-30-23(22(18)19)20(9-13)21(16)17;1-5-10(6-2)12(14)9-13(15)11(7-3)8-4;/h5-8,10-11H,12H2,1-4H3;9-11,14H,5-8H2,1-4H3;/q-1;;/b;12-9-;. The summed E-state index contributed by atoms with van der Waals surface area (Å²) in [5.41, 5.74) is 1.30. The maximum Gasteiger partial charge on any atom is 0.394 e. The van der Waals surface area contributed by atoms with Crippen LogP contribution in [0.5, 0.6) is 0 Å². The minimum Gasteiger partial charge on any atom is -0.512 e. The maximum absolute atomic E-state index is 13.6. The summed E-state index contributed by atoms with van der Waals surface area (Å²) in [6.07, 6.45) is 0.526. The van der Waals surface area contributed by atoms with E-state index in [1.54, 1.807) is 0 Å². The molecule has 1 aromatic heterocycles. The van der Waals surface area contributed by atoms with Gasteiger partial charge in [-0.3, -0.25) is 4.79 Å². The van der Waals surface area contributed by atoms with Crippen LogP contribution in [0.4, 0.5) is 13.2 Å². The Morgan fingerprint density at radius 2 is 1.50 bits per heavy atom. The van der Waals surface area contributed by atoms with Crippen molar-refractivity contribution in [3.05, 3.63) is 71.1 Å². The molecule has 0 saturated carbocycles. The number of hydrogen-bond donors (Lipinski definition) is 1. The molecule has 0 fully saturated rings. The molecule has 0 spiro atoms. The second-order valence-corrected chi connectivity index (χ2v) is 12.9. The van der Waals surface area contributed by atoms with Gasteiger partial charge in [-0.15, -0.1) is 28.5 Å². The van der Waals surface area contributed by atoms with E-state index in [0.717, 1.165) is 74.5 Å². The van der Waals surface area contributed by atoms with Crippen LogP contribution < -0.4 is 0 Å². The van der Waals surface area contributed by atoms with Gasteiger partial charge in [0, 0.05) is 43.5 Å². The third kappa shape index (κ3) is 7.39. The average Bonchev–Trinajstić information content (AvgIpc) is 2.97. The van der Waals surface area contributed by atoms with Crippen molar-refractivity contribution >= 4 is 49.0 Å². The first kappa shape index (κ1) is 37.4. The molecular formula is C38H44F3IrN2O2-. The first-order valence-electron chi connectivity index (χ1n) is 15.9. The Morgan fingerprint density at radius 3 is 2.09 bits per heavy atom. The number of halogens is 3. The van der Waals surface area contributed by atoms with Gasteiger partial charge in [-0.1, -0.05) is 83.5 Å². The zero-order valence-electron chi connectivity index (χ0n) is 27.9. The van der Waals surface area contributed by atoms with Crippen LogP contribution in [-0.2, 0) is 31.3 Å². The monoisotopic (exact) mass is 810 g/mol. The molecule has 4 nitrogen and oxygen atoms in total. The second kappa shape index (κ2) is 14.8. The van der Waals surface area contributed by atoms with E-state index in [4.69, 9.17) is 0 Å². The van der Waals surface area contributed by atoms with Crippen molar-refractivity contribution in [2.75, 3.05) is 0 Å². The molecule has 0 saturated heterocycles. The molecule has 5 rings (SSSR count). The predicted molar refractivity (Wildman–Crippen MR) is 179 cm³/mol. The molecule has 0 aliphatic rings. The number of fused-ring (bicyclic) bond motifs is 2. The number of alkyl halides is 3. The van der Waals surface area contributed by atoms with Crippen molar-refractivity contribution in [2.24, 2.45) is 17.3 Å². The molecule has 1 heterocycles. The summed E-state index contributed by atoms with van der Waals surface area (Å²) in [7, 11) is 0. The number of hydrogen-bond acceptors (Lipinski definition) is 4.